The Bertz CT molecular complexity index is 941. The van der Waals surface area contributed by atoms with E-state index in [1.807, 2.05) is 84.9 Å². The zero-order chi connectivity index (χ0) is 20.2. The molecule has 0 unspecified atom stereocenters. The topological polar surface area (TPSA) is 49.8 Å². The van der Waals surface area contributed by atoms with E-state index in [-0.39, 0.29) is 11.9 Å². The Labute approximate surface area is 171 Å². The van der Waals surface area contributed by atoms with Gasteiger partial charge in [0.2, 0.25) is 5.91 Å². The molecule has 1 heterocycles. The third kappa shape index (κ3) is 3.89. The van der Waals surface area contributed by atoms with Crippen LogP contribution in [0, 0.1) is 5.92 Å². The van der Waals surface area contributed by atoms with Crippen LogP contribution in [0.5, 0.6) is 5.75 Å². The average molecular weight is 387 g/mol. The lowest BCUT2D eigenvalue weighted by Gasteiger charge is -2.49. The first-order valence-corrected chi connectivity index (χ1v) is 9.93. The van der Waals surface area contributed by atoms with Crippen LogP contribution in [0.25, 0.3) is 0 Å². The first-order valence-electron chi connectivity index (χ1n) is 9.93. The highest BCUT2D eigenvalue weighted by molar-refractivity contribution is 6.03. The van der Waals surface area contributed by atoms with Gasteiger partial charge in [-0.3, -0.25) is 4.79 Å². The summed E-state index contributed by atoms with van der Waals surface area (Å²) in [7, 11) is 1.63. The SMILES string of the molecule is COc1ccc([C@H]2[C@H]([C@H](O)CCc3ccccc3)C(=O)N2c2ccccc2)cc1. The molecule has 0 aromatic heterocycles. The molecule has 29 heavy (non-hydrogen) atoms. The van der Waals surface area contributed by atoms with Gasteiger partial charge < -0.3 is 14.7 Å². The number of nitrogens with zero attached hydrogens (tertiary/aromatic N) is 1. The zero-order valence-electron chi connectivity index (χ0n) is 16.4. The Kier molecular flexibility index (Phi) is 5.63. The lowest BCUT2D eigenvalue weighted by Crippen LogP contribution is -2.59. The number of rotatable bonds is 7. The summed E-state index contributed by atoms with van der Waals surface area (Å²) < 4.78 is 5.27. The van der Waals surface area contributed by atoms with E-state index in [1.165, 1.54) is 5.56 Å². The molecule has 4 nitrogen and oxygen atoms in total. The number of carbonyl (C=O) groups excluding carboxylic acids is 1. The van der Waals surface area contributed by atoms with E-state index in [0.717, 1.165) is 23.4 Å². The van der Waals surface area contributed by atoms with Crippen LogP contribution in [0.15, 0.2) is 84.9 Å². The fourth-order valence-corrected chi connectivity index (χ4v) is 4.06. The Morgan fingerprint density at radius 2 is 1.55 bits per heavy atom. The van der Waals surface area contributed by atoms with Crippen LogP contribution in [0.4, 0.5) is 5.69 Å². The van der Waals surface area contributed by atoms with Crippen molar-refractivity contribution in [1.29, 1.82) is 0 Å². The van der Waals surface area contributed by atoms with Crippen LogP contribution < -0.4 is 9.64 Å². The number of benzene rings is 3. The van der Waals surface area contributed by atoms with E-state index in [0.29, 0.717) is 6.42 Å². The number of para-hydroxylation sites is 1. The Morgan fingerprint density at radius 1 is 0.931 bits per heavy atom. The summed E-state index contributed by atoms with van der Waals surface area (Å²) in [5.41, 5.74) is 3.02. The van der Waals surface area contributed by atoms with Crippen LogP contribution in [-0.2, 0) is 11.2 Å². The lowest BCUT2D eigenvalue weighted by molar-refractivity contribution is -0.136. The van der Waals surface area contributed by atoms with Gasteiger partial charge in [-0.25, -0.2) is 0 Å². The molecule has 1 fully saturated rings. The molecule has 1 amide bonds. The van der Waals surface area contributed by atoms with Gasteiger partial charge in [-0.15, -0.1) is 0 Å². The van der Waals surface area contributed by atoms with E-state index in [9.17, 15) is 9.90 Å². The maximum absolute atomic E-state index is 13.1. The van der Waals surface area contributed by atoms with Crippen LogP contribution in [0.1, 0.15) is 23.6 Å². The van der Waals surface area contributed by atoms with Crippen molar-refractivity contribution < 1.29 is 14.6 Å². The van der Waals surface area contributed by atoms with Crippen molar-refractivity contribution in [2.45, 2.75) is 25.0 Å². The molecule has 4 heteroatoms. The maximum Gasteiger partial charge on any atom is 0.235 e. The number of amides is 1. The van der Waals surface area contributed by atoms with Gasteiger partial charge in [0.15, 0.2) is 0 Å². The highest BCUT2D eigenvalue weighted by Crippen LogP contribution is 2.46. The summed E-state index contributed by atoms with van der Waals surface area (Å²) in [5, 5.41) is 10.9. The van der Waals surface area contributed by atoms with Crippen LogP contribution in [0.3, 0.4) is 0 Å². The molecule has 1 saturated heterocycles. The van der Waals surface area contributed by atoms with E-state index >= 15 is 0 Å². The Morgan fingerprint density at radius 3 is 2.17 bits per heavy atom. The summed E-state index contributed by atoms with van der Waals surface area (Å²) in [5.74, 6) is 0.289. The molecule has 1 aliphatic rings. The van der Waals surface area contributed by atoms with Crippen molar-refractivity contribution in [3.05, 3.63) is 96.1 Å². The molecule has 148 valence electrons. The zero-order valence-corrected chi connectivity index (χ0v) is 16.4. The van der Waals surface area contributed by atoms with Gasteiger partial charge in [0.05, 0.1) is 25.2 Å². The predicted octanol–water partition coefficient (Wildman–Crippen LogP) is 4.39. The van der Waals surface area contributed by atoms with Crippen molar-refractivity contribution in [2.75, 3.05) is 12.0 Å². The van der Waals surface area contributed by atoms with Crippen LogP contribution in [0.2, 0.25) is 0 Å². The van der Waals surface area contributed by atoms with Gasteiger partial charge in [-0.2, -0.15) is 0 Å². The average Bonchev–Trinajstić information content (AvgIpc) is 2.77. The normalized spacial score (nSPS) is 19.5. The molecular weight excluding hydrogens is 362 g/mol. The minimum absolute atomic E-state index is 0.0300. The van der Waals surface area contributed by atoms with Gasteiger partial charge in [0, 0.05) is 5.69 Å². The molecule has 4 rings (SSSR count). The standard InChI is InChI=1S/C25H25NO3/c1-29-21-15-13-19(14-16-21)24-23(22(27)17-12-18-8-4-2-5-9-18)25(28)26(24)20-10-6-3-7-11-20/h2-11,13-16,22-24,27H,12,17H2,1H3/t22-,23+,24+/m1/s1. The second-order valence-corrected chi connectivity index (χ2v) is 7.38. The number of aliphatic hydroxyl groups is 1. The van der Waals surface area contributed by atoms with Crippen molar-refractivity contribution in [3.8, 4) is 5.75 Å². The molecule has 3 atom stereocenters. The van der Waals surface area contributed by atoms with Gasteiger partial charge in [-0.05, 0) is 48.2 Å². The van der Waals surface area contributed by atoms with Crippen LogP contribution in [-0.4, -0.2) is 24.2 Å². The minimum atomic E-state index is -0.699. The fraction of sp³-hybridized carbons (Fsp3) is 0.240. The third-order valence-corrected chi connectivity index (χ3v) is 5.62. The van der Waals surface area contributed by atoms with Crippen molar-refractivity contribution >= 4 is 11.6 Å². The second-order valence-electron chi connectivity index (χ2n) is 7.38. The summed E-state index contributed by atoms with van der Waals surface area (Å²) in [6.45, 7) is 0. The second kappa shape index (κ2) is 8.50. The van der Waals surface area contributed by atoms with Crippen LogP contribution >= 0.6 is 0 Å². The third-order valence-electron chi connectivity index (χ3n) is 5.62. The number of carbonyl (C=O) groups is 1. The number of methoxy groups -OCH3 is 1. The molecule has 0 radical (unpaired) electrons. The number of ether oxygens (including phenoxy) is 1. The molecule has 1 N–H and O–H groups in total. The number of aliphatic hydroxyl groups excluding tert-OH is 1. The fourth-order valence-electron chi connectivity index (χ4n) is 4.06. The molecule has 0 saturated carbocycles. The molecule has 0 bridgehead atoms. The quantitative estimate of drug-likeness (QED) is 0.612. The molecule has 0 spiro atoms. The van der Waals surface area contributed by atoms with Crippen molar-refractivity contribution in [3.63, 3.8) is 0 Å². The Balaban J connectivity index is 1.58. The smallest absolute Gasteiger partial charge is 0.235 e. The van der Waals surface area contributed by atoms with Crippen molar-refractivity contribution in [2.24, 2.45) is 5.92 Å². The number of hydrogen-bond donors (Lipinski definition) is 1. The highest BCUT2D eigenvalue weighted by atomic mass is 16.5. The summed E-state index contributed by atoms with van der Waals surface area (Å²) >= 11 is 0. The maximum atomic E-state index is 13.1. The molecule has 0 aliphatic carbocycles. The first kappa shape index (κ1) is 19.2. The number of hydrogen-bond acceptors (Lipinski definition) is 3. The van der Waals surface area contributed by atoms with Gasteiger partial charge in [0.25, 0.3) is 0 Å². The number of aryl methyl sites for hydroxylation is 1. The van der Waals surface area contributed by atoms with Crippen molar-refractivity contribution in [1.82, 2.24) is 0 Å². The lowest BCUT2D eigenvalue weighted by atomic mass is 9.76. The number of β-lactam (4-membered cyclic amide) rings is 1. The van der Waals surface area contributed by atoms with Gasteiger partial charge in [0.1, 0.15) is 5.75 Å². The molecule has 3 aromatic rings. The summed E-state index contributed by atoms with van der Waals surface area (Å²) in [6, 6.07) is 27.3. The summed E-state index contributed by atoms with van der Waals surface area (Å²) in [4.78, 5) is 14.9. The van der Waals surface area contributed by atoms with E-state index in [1.54, 1.807) is 12.0 Å². The van der Waals surface area contributed by atoms with E-state index in [4.69, 9.17) is 4.74 Å². The van der Waals surface area contributed by atoms with Gasteiger partial charge in [-0.1, -0.05) is 60.7 Å². The molecule has 3 aromatic carbocycles. The number of anilines is 1. The minimum Gasteiger partial charge on any atom is -0.497 e. The van der Waals surface area contributed by atoms with E-state index < -0.39 is 12.0 Å². The molecular formula is C25H25NO3. The predicted molar refractivity (Wildman–Crippen MR) is 114 cm³/mol. The largest absolute Gasteiger partial charge is 0.497 e. The first-order chi connectivity index (χ1) is 14.2. The Hall–Kier alpha value is -3.11. The summed E-state index contributed by atoms with van der Waals surface area (Å²) in [6.07, 6.45) is 0.595. The monoisotopic (exact) mass is 387 g/mol. The highest BCUT2D eigenvalue weighted by Gasteiger charge is 2.51. The van der Waals surface area contributed by atoms with E-state index in [2.05, 4.69) is 0 Å². The molecule has 1 aliphatic heterocycles. The van der Waals surface area contributed by atoms with Gasteiger partial charge >= 0.3 is 0 Å².